The average Bonchev–Trinajstić information content (AvgIpc) is 4.16. The quantitative estimate of drug-likeness (QED) is 0.110. The normalized spacial score (nSPS) is 28.4. The van der Waals surface area contributed by atoms with Gasteiger partial charge in [0, 0.05) is 23.0 Å². The fourth-order valence-corrected chi connectivity index (χ4v) is 12.5. The Labute approximate surface area is 408 Å². The molecule has 5 aliphatic rings. The van der Waals surface area contributed by atoms with Crippen LogP contribution in [0, 0.1) is 11.8 Å². The molecule has 2 aromatic heterocycles. The molecule has 17 nitrogen and oxygen atoms in total. The summed E-state index contributed by atoms with van der Waals surface area (Å²) >= 11 is 0. The van der Waals surface area contributed by atoms with Gasteiger partial charge in [0.05, 0.1) is 73.6 Å². The van der Waals surface area contributed by atoms with Crippen LogP contribution in [-0.2, 0) is 35.1 Å². The van der Waals surface area contributed by atoms with Crippen LogP contribution >= 0.6 is 0 Å². The lowest BCUT2D eigenvalue weighted by molar-refractivity contribution is -0.141. The van der Waals surface area contributed by atoms with E-state index in [1.54, 1.807) is 0 Å². The van der Waals surface area contributed by atoms with Crippen molar-refractivity contribution in [3.63, 3.8) is 0 Å². The first-order chi connectivity index (χ1) is 33.7. The Hall–Kier alpha value is -6.20. The molecule has 0 aliphatic carbocycles. The SMILES string of the molecule is COC(=O)N[C@H](C(=O)N1C(c2nc3ccc4cc5c(cc4c3[nH]2)OCc2cc(-c3cnc([C@@H]4CC[C@H](C)N4C(=O)[C@@H](NC(=O)OC)C4C[C@@H](C)O[C@H](C)C4)[nH]3)ccc2-5)CC[C@@H]1C)C1C[C@@H](C)O[C@H](C)C1. The fourth-order valence-electron chi connectivity index (χ4n) is 12.5. The highest BCUT2D eigenvalue weighted by molar-refractivity contribution is 6.07. The van der Waals surface area contributed by atoms with Gasteiger partial charge in [-0.2, -0.15) is 0 Å². The number of amides is 4. The summed E-state index contributed by atoms with van der Waals surface area (Å²) in [6.07, 6.45) is 6.13. The molecule has 5 aromatic rings. The van der Waals surface area contributed by atoms with Crippen molar-refractivity contribution < 1.29 is 42.9 Å². The second-order valence-corrected chi connectivity index (χ2v) is 20.6. The number of benzene rings is 3. The maximum atomic E-state index is 14.6. The first-order valence-electron chi connectivity index (χ1n) is 25.1. The molecular weight excluding hydrogens is 893 g/mol. The Bertz CT molecular complexity index is 2790. The van der Waals surface area contributed by atoms with Crippen molar-refractivity contribution in [3.05, 3.63) is 65.9 Å². The summed E-state index contributed by atoms with van der Waals surface area (Å²) in [5.41, 5.74) is 6.57. The summed E-state index contributed by atoms with van der Waals surface area (Å²) in [4.78, 5) is 75.3. The van der Waals surface area contributed by atoms with Crippen LogP contribution in [0.25, 0.3) is 44.2 Å². The highest BCUT2D eigenvalue weighted by atomic mass is 16.5. The largest absolute Gasteiger partial charge is 0.488 e. The predicted molar refractivity (Wildman–Crippen MR) is 262 cm³/mol. The molecule has 4 fully saturated rings. The zero-order chi connectivity index (χ0) is 49.1. The van der Waals surface area contributed by atoms with Crippen LogP contribution in [0.3, 0.4) is 0 Å². The van der Waals surface area contributed by atoms with E-state index >= 15 is 0 Å². The van der Waals surface area contributed by atoms with Crippen molar-refractivity contribution in [1.29, 1.82) is 0 Å². The number of ether oxygens (including phenoxy) is 5. The van der Waals surface area contributed by atoms with Crippen LogP contribution in [0.4, 0.5) is 9.59 Å². The number of nitrogens with one attached hydrogen (secondary N) is 4. The molecule has 4 N–H and O–H groups in total. The summed E-state index contributed by atoms with van der Waals surface area (Å²) in [6.45, 7) is 12.5. The second kappa shape index (κ2) is 19.2. The summed E-state index contributed by atoms with van der Waals surface area (Å²) < 4.78 is 28.5. The van der Waals surface area contributed by atoms with Gasteiger partial charge in [0.2, 0.25) is 11.8 Å². The third-order valence-corrected chi connectivity index (χ3v) is 15.6. The van der Waals surface area contributed by atoms with Gasteiger partial charge in [-0.1, -0.05) is 18.2 Å². The molecule has 1 unspecified atom stereocenters. The summed E-state index contributed by atoms with van der Waals surface area (Å²) in [5.74, 6) is 1.72. The Morgan fingerprint density at radius 3 is 1.83 bits per heavy atom. The molecule has 17 heteroatoms. The predicted octanol–water partition coefficient (Wildman–Crippen LogP) is 8.63. The van der Waals surface area contributed by atoms with Crippen molar-refractivity contribution >= 4 is 45.8 Å². The van der Waals surface area contributed by atoms with Gasteiger partial charge < -0.3 is 54.1 Å². The van der Waals surface area contributed by atoms with Gasteiger partial charge in [-0.15, -0.1) is 0 Å². The molecule has 70 heavy (non-hydrogen) atoms. The number of hydrogen-bond acceptors (Lipinski definition) is 11. The number of rotatable bonds is 9. The Balaban J connectivity index is 0.891. The van der Waals surface area contributed by atoms with E-state index in [2.05, 4.69) is 70.8 Å². The minimum absolute atomic E-state index is 0.0333. The molecule has 372 valence electrons. The van der Waals surface area contributed by atoms with Gasteiger partial charge in [0.15, 0.2) is 0 Å². The van der Waals surface area contributed by atoms with Gasteiger partial charge in [0.1, 0.15) is 36.1 Å². The standard InChI is InChI=1S/C53H66N8O9/c1-26-9-15-42(60(26)50(62)45(58-52(64)66-7)34-17-28(3)69-29(4)18-34)48-54-24-41(56-48)33-11-13-37-36(21-33)25-68-44-23-38-32(22-39(37)44)12-14-40-47(38)57-49(55-40)43-16-10-27(2)61(43)51(63)46(59-53(65)67-8)35-19-30(5)70-31(6)20-35/h11-14,21-24,26-31,34-35,42-43,45-46H,9-10,15-20,25H2,1-8H3,(H,54,56)(H,55,57)(H,58,64)(H,59,65)/t26-,27-,28+,29+,30+,31+,42-,43?,45-,46-/m0/s1. The molecule has 7 heterocycles. The number of aromatic nitrogens is 4. The number of alkyl carbamates (subject to hydrolysis) is 2. The summed E-state index contributed by atoms with van der Waals surface area (Å²) in [6, 6.07) is 12.5. The topological polar surface area (TPSA) is 202 Å². The minimum atomic E-state index is -0.758. The van der Waals surface area contributed by atoms with E-state index in [9.17, 15) is 19.2 Å². The highest BCUT2D eigenvalue weighted by Crippen LogP contribution is 2.45. The Kier molecular flexibility index (Phi) is 13.0. The number of fused-ring (bicyclic) bond motifs is 6. The van der Waals surface area contributed by atoms with Crippen LogP contribution in [0.15, 0.2) is 48.7 Å². The number of imidazole rings is 2. The molecule has 10 atom stereocenters. The monoisotopic (exact) mass is 958 g/mol. The number of methoxy groups -OCH3 is 2. The van der Waals surface area contributed by atoms with Crippen LogP contribution in [0.1, 0.15) is 122 Å². The second-order valence-electron chi connectivity index (χ2n) is 20.6. The van der Waals surface area contributed by atoms with Gasteiger partial charge in [0.25, 0.3) is 0 Å². The van der Waals surface area contributed by atoms with Crippen LogP contribution < -0.4 is 15.4 Å². The third-order valence-electron chi connectivity index (χ3n) is 15.6. The van der Waals surface area contributed by atoms with Crippen molar-refractivity contribution in [2.24, 2.45) is 11.8 Å². The highest BCUT2D eigenvalue weighted by Gasteiger charge is 2.46. The van der Waals surface area contributed by atoms with E-state index in [4.69, 9.17) is 33.7 Å². The summed E-state index contributed by atoms with van der Waals surface area (Å²) in [5, 5.41) is 7.77. The van der Waals surface area contributed by atoms with Gasteiger partial charge in [-0.05, 0) is 151 Å². The third kappa shape index (κ3) is 8.95. The number of likely N-dealkylation sites (tertiary alicyclic amines) is 2. The number of nitrogens with zero attached hydrogens (tertiary/aromatic N) is 4. The molecule has 10 rings (SSSR count). The fraction of sp³-hybridized carbons (Fsp3) is 0.547. The maximum absolute atomic E-state index is 14.6. The van der Waals surface area contributed by atoms with Crippen LogP contribution in [0.5, 0.6) is 5.75 Å². The van der Waals surface area contributed by atoms with Gasteiger partial charge >= 0.3 is 12.2 Å². The minimum Gasteiger partial charge on any atom is -0.488 e. The lowest BCUT2D eigenvalue weighted by Crippen LogP contribution is -2.55. The maximum Gasteiger partial charge on any atom is 0.407 e. The molecule has 0 radical (unpaired) electrons. The molecule has 5 aliphatic heterocycles. The molecule has 0 bridgehead atoms. The Morgan fingerprint density at radius 1 is 0.686 bits per heavy atom. The lowest BCUT2D eigenvalue weighted by Gasteiger charge is -2.39. The van der Waals surface area contributed by atoms with E-state index in [1.807, 2.05) is 49.8 Å². The van der Waals surface area contributed by atoms with Crippen molar-refractivity contribution in [3.8, 4) is 28.1 Å². The van der Waals surface area contributed by atoms with Gasteiger partial charge in [-0.3, -0.25) is 9.59 Å². The zero-order valence-corrected chi connectivity index (χ0v) is 41.4. The van der Waals surface area contributed by atoms with Crippen molar-refractivity contribution in [2.75, 3.05) is 14.2 Å². The molecule has 0 spiro atoms. The number of carbonyl (C=O) groups excluding carboxylic acids is 4. The van der Waals surface area contributed by atoms with E-state index < -0.39 is 24.3 Å². The lowest BCUT2D eigenvalue weighted by atomic mass is 9.85. The first-order valence-corrected chi connectivity index (χ1v) is 25.1. The van der Waals surface area contributed by atoms with E-state index in [1.165, 1.54) is 14.2 Å². The number of carbonyl (C=O) groups is 4. The zero-order valence-electron chi connectivity index (χ0n) is 41.4. The van der Waals surface area contributed by atoms with Crippen LogP contribution in [0.2, 0.25) is 0 Å². The molecule has 0 saturated carbocycles. The van der Waals surface area contributed by atoms with E-state index in [0.717, 1.165) is 81.2 Å². The van der Waals surface area contributed by atoms with Gasteiger partial charge in [-0.25, -0.2) is 19.6 Å². The Morgan fingerprint density at radius 2 is 1.26 bits per heavy atom. The summed E-state index contributed by atoms with van der Waals surface area (Å²) in [7, 11) is 2.63. The first kappa shape index (κ1) is 47.5. The molecule has 4 saturated heterocycles. The van der Waals surface area contributed by atoms with E-state index in [-0.39, 0.29) is 72.2 Å². The van der Waals surface area contributed by atoms with E-state index in [0.29, 0.717) is 43.9 Å². The van der Waals surface area contributed by atoms with Crippen molar-refractivity contribution in [1.82, 2.24) is 40.4 Å². The smallest absolute Gasteiger partial charge is 0.407 e. The molecule has 4 amide bonds. The number of aromatic amines is 2. The average molecular weight is 959 g/mol. The van der Waals surface area contributed by atoms with Crippen LogP contribution in [-0.4, -0.2) is 117 Å². The van der Waals surface area contributed by atoms with Crippen molar-refractivity contribution in [2.45, 2.75) is 160 Å². The number of hydrogen-bond donors (Lipinski definition) is 4. The number of H-pyrrole nitrogens is 2. The molecular formula is C53H66N8O9. The molecule has 3 aromatic carbocycles.